The molecule has 0 saturated carbocycles. The fourth-order valence-corrected chi connectivity index (χ4v) is 3.05. The number of amides is 1. The molecule has 2 rings (SSSR count). The molecule has 122 valence electrons. The number of aliphatic hydroxyl groups excluding tert-OH is 4. The third-order valence-electron chi connectivity index (χ3n) is 3.28. The normalized spacial score (nSPS) is 31.7. The Morgan fingerprint density at radius 3 is 2.45 bits per heavy atom. The van der Waals surface area contributed by atoms with Crippen LogP contribution >= 0.6 is 11.8 Å². The molecule has 0 bridgehead atoms. The molecule has 7 nitrogen and oxygen atoms in total. The van der Waals surface area contributed by atoms with Gasteiger partial charge in [0, 0.05) is 5.69 Å². The van der Waals surface area contributed by atoms with Crippen LogP contribution in [-0.4, -0.2) is 68.5 Å². The lowest BCUT2D eigenvalue weighted by Crippen LogP contribution is -2.57. The molecule has 8 heteroatoms. The van der Waals surface area contributed by atoms with Crippen LogP contribution in [0.3, 0.4) is 0 Å². The van der Waals surface area contributed by atoms with E-state index in [1.807, 2.05) is 6.07 Å². The van der Waals surface area contributed by atoms with Gasteiger partial charge in [0.1, 0.15) is 29.9 Å². The maximum Gasteiger partial charge on any atom is 0.234 e. The minimum Gasteiger partial charge on any atom is -0.394 e. The van der Waals surface area contributed by atoms with Crippen molar-refractivity contribution < 1.29 is 30.0 Å². The summed E-state index contributed by atoms with van der Waals surface area (Å²) < 4.78 is 5.30. The number of thioether (sulfide) groups is 1. The van der Waals surface area contributed by atoms with Crippen LogP contribution in [0.25, 0.3) is 0 Å². The first-order valence-corrected chi connectivity index (χ1v) is 7.85. The Bertz CT molecular complexity index is 485. The molecule has 0 unspecified atom stereocenters. The quantitative estimate of drug-likeness (QED) is 0.478. The smallest absolute Gasteiger partial charge is 0.234 e. The maximum atomic E-state index is 11.8. The highest BCUT2D eigenvalue weighted by Crippen LogP contribution is 2.28. The Kier molecular flexibility index (Phi) is 6.18. The van der Waals surface area contributed by atoms with Crippen LogP contribution in [0.5, 0.6) is 0 Å². The summed E-state index contributed by atoms with van der Waals surface area (Å²) in [5, 5.41) is 41.0. The van der Waals surface area contributed by atoms with Gasteiger partial charge in [-0.3, -0.25) is 4.79 Å². The van der Waals surface area contributed by atoms with Crippen LogP contribution in [0.4, 0.5) is 5.69 Å². The van der Waals surface area contributed by atoms with Crippen LogP contribution in [0, 0.1) is 0 Å². The van der Waals surface area contributed by atoms with Crippen LogP contribution in [0.15, 0.2) is 30.3 Å². The molecule has 22 heavy (non-hydrogen) atoms. The second-order valence-electron chi connectivity index (χ2n) is 4.92. The van der Waals surface area contributed by atoms with Crippen molar-refractivity contribution in [1.82, 2.24) is 0 Å². The number of ether oxygens (including phenoxy) is 1. The number of rotatable bonds is 5. The summed E-state index contributed by atoms with van der Waals surface area (Å²) in [6, 6.07) is 8.91. The SMILES string of the molecule is O=C(CS[C@@H]1O[C@H](CO)[C@@H](O)[C@H](O)[C@H]1O)Nc1ccccc1. The molecule has 0 spiro atoms. The van der Waals surface area contributed by atoms with Crippen LogP contribution in [0.1, 0.15) is 0 Å². The largest absolute Gasteiger partial charge is 0.394 e. The molecule has 1 fully saturated rings. The van der Waals surface area contributed by atoms with Crippen molar-refractivity contribution in [1.29, 1.82) is 0 Å². The lowest BCUT2D eigenvalue weighted by atomic mass is 10.0. The van der Waals surface area contributed by atoms with Crippen molar-refractivity contribution >= 4 is 23.4 Å². The zero-order chi connectivity index (χ0) is 16.1. The van der Waals surface area contributed by atoms with E-state index in [2.05, 4.69) is 5.32 Å². The lowest BCUT2D eigenvalue weighted by Gasteiger charge is -2.39. The number of anilines is 1. The molecule has 1 amide bonds. The second kappa shape index (κ2) is 7.91. The topological polar surface area (TPSA) is 119 Å². The van der Waals surface area contributed by atoms with Gasteiger partial charge in [0.05, 0.1) is 12.4 Å². The molecule has 5 atom stereocenters. The number of hydrogen-bond acceptors (Lipinski definition) is 7. The minimum atomic E-state index is -1.43. The van der Waals surface area contributed by atoms with E-state index >= 15 is 0 Å². The van der Waals surface area contributed by atoms with Crippen molar-refractivity contribution in [2.24, 2.45) is 0 Å². The van der Waals surface area contributed by atoms with Crippen LogP contribution in [-0.2, 0) is 9.53 Å². The number of nitrogens with one attached hydrogen (secondary N) is 1. The van der Waals surface area contributed by atoms with Crippen LogP contribution in [0.2, 0.25) is 0 Å². The summed E-state index contributed by atoms with van der Waals surface area (Å²) in [6.45, 7) is -0.488. The maximum absolute atomic E-state index is 11.8. The van der Waals surface area contributed by atoms with E-state index in [4.69, 9.17) is 9.84 Å². The summed E-state index contributed by atoms with van der Waals surface area (Å²) in [6.07, 6.45) is -5.13. The molecule has 5 N–H and O–H groups in total. The predicted molar refractivity (Wildman–Crippen MR) is 81.3 cm³/mol. The highest BCUT2D eigenvalue weighted by atomic mass is 32.2. The van der Waals surface area contributed by atoms with Gasteiger partial charge in [0.15, 0.2) is 0 Å². The van der Waals surface area contributed by atoms with E-state index in [1.165, 1.54) is 0 Å². The molecule has 1 aromatic carbocycles. The molecule has 0 aromatic heterocycles. The van der Waals surface area contributed by atoms with Gasteiger partial charge >= 0.3 is 0 Å². The zero-order valence-electron chi connectivity index (χ0n) is 11.7. The molecule has 1 saturated heterocycles. The lowest BCUT2D eigenvalue weighted by molar-refractivity contribution is -0.205. The van der Waals surface area contributed by atoms with Crippen molar-refractivity contribution in [3.8, 4) is 0 Å². The molecule has 1 heterocycles. The summed E-state index contributed by atoms with van der Waals surface area (Å²) in [5.74, 6) is -0.287. The summed E-state index contributed by atoms with van der Waals surface area (Å²) in [5.41, 5.74) is -0.251. The zero-order valence-corrected chi connectivity index (χ0v) is 12.5. The average Bonchev–Trinajstić information content (AvgIpc) is 2.53. The second-order valence-corrected chi connectivity index (χ2v) is 6.01. The number of carbonyl (C=O) groups is 1. The first kappa shape index (κ1) is 17.2. The molecule has 0 aliphatic carbocycles. The highest BCUT2D eigenvalue weighted by molar-refractivity contribution is 8.00. The molecule has 1 aromatic rings. The van der Waals surface area contributed by atoms with Crippen LogP contribution < -0.4 is 5.32 Å². The average molecular weight is 329 g/mol. The van der Waals surface area contributed by atoms with E-state index in [-0.39, 0.29) is 11.7 Å². The van der Waals surface area contributed by atoms with Gasteiger partial charge in [-0.2, -0.15) is 0 Å². The van der Waals surface area contributed by atoms with Crippen molar-refractivity contribution in [3.05, 3.63) is 30.3 Å². The molecular weight excluding hydrogens is 310 g/mol. The third kappa shape index (κ3) is 4.19. The first-order valence-electron chi connectivity index (χ1n) is 6.80. The fourth-order valence-electron chi connectivity index (χ4n) is 2.08. The van der Waals surface area contributed by atoms with E-state index in [1.54, 1.807) is 24.3 Å². The number of benzene rings is 1. The Labute approximate surface area is 131 Å². The van der Waals surface area contributed by atoms with Gasteiger partial charge < -0.3 is 30.5 Å². The monoisotopic (exact) mass is 329 g/mol. The molecule has 1 aliphatic heterocycles. The third-order valence-corrected chi connectivity index (χ3v) is 4.43. The number of hydrogen-bond donors (Lipinski definition) is 5. The van der Waals surface area contributed by atoms with E-state index in [0.717, 1.165) is 11.8 Å². The van der Waals surface area contributed by atoms with Gasteiger partial charge in [-0.05, 0) is 12.1 Å². The standard InChI is InChI=1S/C14H19NO6S/c16-6-9-11(18)12(19)13(20)14(21-9)22-7-10(17)15-8-4-2-1-3-5-8/h1-5,9,11-14,16,18-20H,6-7H2,(H,15,17)/t9-,11-,12+,13-,14+/m1/s1. The van der Waals surface area contributed by atoms with Gasteiger partial charge in [-0.1, -0.05) is 18.2 Å². The molecule has 1 aliphatic rings. The summed E-state index contributed by atoms with van der Waals surface area (Å²) >= 11 is 0.991. The minimum absolute atomic E-state index is 0.00240. The summed E-state index contributed by atoms with van der Waals surface area (Å²) in [7, 11) is 0. The van der Waals surface area contributed by atoms with Crippen molar-refractivity contribution in [2.75, 3.05) is 17.7 Å². The molecular formula is C14H19NO6S. The van der Waals surface area contributed by atoms with Crippen molar-refractivity contribution in [3.63, 3.8) is 0 Å². The van der Waals surface area contributed by atoms with E-state index in [0.29, 0.717) is 5.69 Å². The Morgan fingerprint density at radius 1 is 1.14 bits per heavy atom. The Balaban J connectivity index is 1.86. The Morgan fingerprint density at radius 2 is 1.82 bits per heavy atom. The van der Waals surface area contributed by atoms with Gasteiger partial charge in [0.25, 0.3) is 0 Å². The van der Waals surface area contributed by atoms with E-state index in [9.17, 15) is 20.1 Å². The highest BCUT2D eigenvalue weighted by Gasteiger charge is 2.43. The first-order chi connectivity index (χ1) is 10.5. The number of aliphatic hydroxyl groups is 4. The predicted octanol–water partition coefficient (Wildman–Crippen LogP) is -0.842. The van der Waals surface area contributed by atoms with Gasteiger partial charge in [-0.25, -0.2) is 0 Å². The summed E-state index contributed by atoms with van der Waals surface area (Å²) in [4.78, 5) is 11.8. The van der Waals surface area contributed by atoms with Gasteiger partial charge in [-0.15, -0.1) is 11.8 Å². The number of carbonyl (C=O) groups excluding carboxylic acids is 1. The van der Waals surface area contributed by atoms with E-state index < -0.39 is 36.5 Å². The fraction of sp³-hybridized carbons (Fsp3) is 0.500. The number of para-hydroxylation sites is 1. The van der Waals surface area contributed by atoms with Crippen molar-refractivity contribution in [2.45, 2.75) is 29.9 Å². The van der Waals surface area contributed by atoms with Gasteiger partial charge in [0.2, 0.25) is 5.91 Å². The Hall–Kier alpha value is -1.16. The molecule has 0 radical (unpaired) electrons.